The van der Waals surface area contributed by atoms with E-state index >= 15 is 0 Å². The largest absolute Gasteiger partial charge is 0.480 e. The lowest BCUT2D eigenvalue weighted by Crippen LogP contribution is -2.48. The number of carboxylic acid groups (broad SMARTS) is 2. The third-order valence-corrected chi connectivity index (χ3v) is 6.74. The first-order valence-electron chi connectivity index (χ1n) is 10.9. The number of fused-ring (bicyclic) bond motifs is 1. The molecule has 4 N–H and O–H groups in total. The number of aliphatic hydroxyl groups excluding tert-OH is 1. The molecule has 180 valence electrons. The van der Waals surface area contributed by atoms with E-state index in [0.717, 1.165) is 32.7 Å². The first-order chi connectivity index (χ1) is 16.4. The number of nitrogens with zero attached hydrogens (tertiary/aromatic N) is 5. The summed E-state index contributed by atoms with van der Waals surface area (Å²) in [4.78, 5) is 42.5. The van der Waals surface area contributed by atoms with Crippen LogP contribution in [0.2, 0.25) is 0 Å². The van der Waals surface area contributed by atoms with Gasteiger partial charge in [0.05, 0.1) is 12.4 Å². The minimum Gasteiger partial charge on any atom is -0.480 e. The predicted octanol–water partition coefficient (Wildman–Crippen LogP) is 0.877. The van der Waals surface area contributed by atoms with Gasteiger partial charge in [0.2, 0.25) is 5.92 Å². The summed E-state index contributed by atoms with van der Waals surface area (Å²) < 4.78 is 0. The lowest BCUT2D eigenvalue weighted by molar-refractivity contribution is -0.150. The maximum Gasteiger partial charge on any atom is 0.325 e. The highest BCUT2D eigenvalue weighted by molar-refractivity contribution is 7.99. The van der Waals surface area contributed by atoms with E-state index in [-0.39, 0.29) is 11.5 Å². The Morgan fingerprint density at radius 1 is 1.03 bits per heavy atom. The van der Waals surface area contributed by atoms with Crippen LogP contribution in [-0.2, 0) is 16.1 Å². The zero-order valence-electron chi connectivity index (χ0n) is 18.4. The molecule has 1 saturated heterocycles. The van der Waals surface area contributed by atoms with Gasteiger partial charge < -0.3 is 20.3 Å². The molecule has 0 amide bonds. The number of piperazine rings is 1. The Labute approximate surface area is 199 Å². The van der Waals surface area contributed by atoms with Crippen LogP contribution in [0.3, 0.4) is 0 Å². The second-order valence-electron chi connectivity index (χ2n) is 8.12. The molecule has 1 aliphatic rings. The number of nitrogens with one attached hydrogen (secondary N) is 1. The van der Waals surface area contributed by atoms with Crippen LogP contribution in [0, 0.1) is 0 Å². The van der Waals surface area contributed by atoms with Crippen molar-refractivity contribution in [2.24, 2.45) is 0 Å². The molecule has 0 aliphatic carbocycles. The number of imidazole rings is 1. The minimum atomic E-state index is -1.89. The molecule has 0 saturated carbocycles. The van der Waals surface area contributed by atoms with Crippen LogP contribution < -0.4 is 0 Å². The maximum absolute atomic E-state index is 11.4. The molecule has 1 atom stereocenters. The Morgan fingerprint density at radius 3 is 2.38 bits per heavy atom. The number of aliphatic carboxylic acids is 2. The zero-order valence-corrected chi connectivity index (χ0v) is 19.2. The van der Waals surface area contributed by atoms with Crippen molar-refractivity contribution in [1.82, 2.24) is 29.7 Å². The van der Waals surface area contributed by atoms with Gasteiger partial charge >= 0.3 is 11.9 Å². The van der Waals surface area contributed by atoms with Crippen LogP contribution in [0.5, 0.6) is 0 Å². The highest BCUT2D eigenvalue weighted by atomic mass is 32.2. The lowest BCUT2D eigenvalue weighted by Gasteiger charge is -2.35. The second-order valence-corrected chi connectivity index (χ2v) is 9.13. The number of carbonyl (C=O) groups is 2. The van der Waals surface area contributed by atoms with E-state index < -0.39 is 24.0 Å². The average Bonchev–Trinajstić information content (AvgIpc) is 3.28. The number of aromatic nitrogens is 4. The van der Waals surface area contributed by atoms with Crippen LogP contribution in [0.4, 0.5) is 0 Å². The van der Waals surface area contributed by atoms with Crippen LogP contribution in [0.25, 0.3) is 11.2 Å². The van der Waals surface area contributed by atoms with Crippen molar-refractivity contribution >= 4 is 34.9 Å². The number of hydrogen-bond donors (Lipinski definition) is 4. The van der Waals surface area contributed by atoms with Crippen molar-refractivity contribution in [3.63, 3.8) is 0 Å². The summed E-state index contributed by atoms with van der Waals surface area (Å²) in [6, 6.07) is 10.3. The van der Waals surface area contributed by atoms with E-state index in [1.54, 1.807) is 0 Å². The molecule has 3 heterocycles. The lowest BCUT2D eigenvalue weighted by atomic mass is 10.1. The van der Waals surface area contributed by atoms with Crippen molar-refractivity contribution < 1.29 is 24.9 Å². The number of β-amino-alcohol motifs (C(OH)–C–C–N with tert-alkyl or cyclic N) is 1. The number of hydrogen-bond acceptors (Lipinski definition) is 9. The Balaban J connectivity index is 1.33. The van der Waals surface area contributed by atoms with Crippen LogP contribution in [-0.4, -0.2) is 102 Å². The van der Waals surface area contributed by atoms with Gasteiger partial charge in [-0.15, -0.1) is 11.8 Å². The molecule has 0 spiro atoms. The molecule has 4 rings (SSSR count). The van der Waals surface area contributed by atoms with E-state index in [1.807, 2.05) is 18.2 Å². The number of aliphatic hydroxyl groups is 1. The molecule has 11 nitrogen and oxygen atoms in total. The Morgan fingerprint density at radius 2 is 1.71 bits per heavy atom. The molecular weight excluding hydrogens is 460 g/mol. The first kappa shape index (κ1) is 24.1. The SMILES string of the molecule is O=C(O)C(C(=O)O)c1nc(SCC(O)CN2CCN(Cc3ccccc3)CC2)c2[nH]cnc2n1. The standard InChI is InChI=1S/C22H26N6O5S/c29-15(11-28-8-6-27(7-9-28)10-14-4-2-1-3-5-14)12-34-20-17-19(24-13-23-17)25-18(26-20)16(21(30)31)22(32)33/h1-5,13,15-16,29H,6-12H2,(H,30,31)(H,32,33)(H,23,24,25,26). The summed E-state index contributed by atoms with van der Waals surface area (Å²) >= 11 is 1.21. The number of H-pyrrole nitrogens is 1. The fourth-order valence-electron chi connectivity index (χ4n) is 3.88. The molecule has 1 unspecified atom stereocenters. The van der Waals surface area contributed by atoms with Gasteiger partial charge in [0.25, 0.3) is 0 Å². The predicted molar refractivity (Wildman–Crippen MR) is 125 cm³/mol. The molecule has 0 radical (unpaired) electrons. The van der Waals surface area contributed by atoms with Crippen molar-refractivity contribution in [1.29, 1.82) is 0 Å². The van der Waals surface area contributed by atoms with Crippen molar-refractivity contribution in [3.05, 3.63) is 48.0 Å². The topological polar surface area (TPSA) is 156 Å². The third-order valence-electron chi connectivity index (χ3n) is 5.62. The van der Waals surface area contributed by atoms with Gasteiger partial charge in [0, 0.05) is 45.0 Å². The van der Waals surface area contributed by atoms with Gasteiger partial charge in [0.15, 0.2) is 11.5 Å². The summed E-state index contributed by atoms with van der Waals surface area (Å²) in [6.07, 6.45) is 0.742. The summed E-state index contributed by atoms with van der Waals surface area (Å²) in [5.41, 5.74) is 1.95. The van der Waals surface area contributed by atoms with Gasteiger partial charge in [-0.25, -0.2) is 15.0 Å². The normalized spacial score (nSPS) is 16.2. The monoisotopic (exact) mass is 486 g/mol. The highest BCUT2D eigenvalue weighted by Crippen LogP contribution is 2.26. The number of carboxylic acids is 2. The molecule has 1 aliphatic heterocycles. The average molecular weight is 487 g/mol. The first-order valence-corrected chi connectivity index (χ1v) is 11.9. The highest BCUT2D eigenvalue weighted by Gasteiger charge is 2.32. The minimum absolute atomic E-state index is 0.184. The van der Waals surface area contributed by atoms with Crippen LogP contribution in [0.15, 0.2) is 41.7 Å². The van der Waals surface area contributed by atoms with Crippen molar-refractivity contribution in [3.8, 4) is 0 Å². The van der Waals surface area contributed by atoms with Gasteiger partial charge in [-0.05, 0) is 5.56 Å². The Kier molecular flexibility index (Phi) is 7.73. The van der Waals surface area contributed by atoms with E-state index in [1.165, 1.54) is 23.7 Å². The van der Waals surface area contributed by atoms with E-state index in [0.29, 0.717) is 22.8 Å². The van der Waals surface area contributed by atoms with E-state index in [4.69, 9.17) is 0 Å². The van der Waals surface area contributed by atoms with Crippen LogP contribution in [0.1, 0.15) is 17.3 Å². The van der Waals surface area contributed by atoms with Crippen LogP contribution >= 0.6 is 11.8 Å². The summed E-state index contributed by atoms with van der Waals surface area (Å²) in [5.74, 6) is -5.03. The smallest absolute Gasteiger partial charge is 0.325 e. The number of thioether (sulfide) groups is 1. The van der Waals surface area contributed by atoms with Crippen molar-refractivity contribution in [2.45, 2.75) is 23.6 Å². The van der Waals surface area contributed by atoms with E-state index in [2.05, 4.69) is 41.9 Å². The molecule has 2 aromatic heterocycles. The molecule has 1 fully saturated rings. The molecule has 12 heteroatoms. The fraction of sp³-hybridized carbons (Fsp3) is 0.409. The molecule has 3 aromatic rings. The molecule has 1 aromatic carbocycles. The Bertz CT molecular complexity index is 1120. The number of aromatic amines is 1. The Hall–Kier alpha value is -3.06. The van der Waals surface area contributed by atoms with Gasteiger partial charge in [-0.2, -0.15) is 0 Å². The number of benzene rings is 1. The summed E-state index contributed by atoms with van der Waals surface area (Å²) in [6.45, 7) is 4.97. The molecular formula is C22H26N6O5S. The second kappa shape index (κ2) is 10.9. The maximum atomic E-state index is 11.4. The van der Waals surface area contributed by atoms with Gasteiger partial charge in [-0.3, -0.25) is 19.4 Å². The van der Waals surface area contributed by atoms with Gasteiger partial charge in [-0.1, -0.05) is 30.3 Å². The van der Waals surface area contributed by atoms with Gasteiger partial charge in [0.1, 0.15) is 10.5 Å². The van der Waals surface area contributed by atoms with Crippen molar-refractivity contribution in [2.75, 3.05) is 38.5 Å². The third kappa shape index (κ3) is 5.89. The molecule has 34 heavy (non-hydrogen) atoms. The molecule has 0 bridgehead atoms. The zero-order chi connectivity index (χ0) is 24.1. The summed E-state index contributed by atoms with van der Waals surface area (Å²) in [5, 5.41) is 29.5. The number of rotatable bonds is 10. The van der Waals surface area contributed by atoms with E-state index in [9.17, 15) is 24.9 Å². The summed E-state index contributed by atoms with van der Waals surface area (Å²) in [7, 11) is 0. The fourth-order valence-corrected chi connectivity index (χ4v) is 4.79. The quantitative estimate of drug-likeness (QED) is 0.183.